The number of hydrogen-bond acceptors (Lipinski definition) is 5. The molecule has 6 heteroatoms. The normalized spacial score (nSPS) is 10.5. The van der Waals surface area contributed by atoms with Gasteiger partial charge >= 0.3 is 6.09 Å². The number of rotatable bonds is 5. The average molecular weight is 312 g/mol. The van der Waals surface area contributed by atoms with Crippen molar-refractivity contribution in [2.75, 3.05) is 11.9 Å². The smallest absolute Gasteiger partial charge is 0.411 e. The van der Waals surface area contributed by atoms with E-state index in [9.17, 15) is 14.7 Å². The molecule has 0 aliphatic carbocycles. The molecule has 1 aromatic carbocycles. The molecule has 2 aromatic rings. The number of phenolic OH excluding ortho intramolecular Hbond substituents is 1. The SMILES string of the molecule is CCOC(=O)Nc1cc(O)ccc1/C=C/C(=O)c1cccnc1. The van der Waals surface area contributed by atoms with Crippen LogP contribution in [-0.2, 0) is 4.74 Å². The van der Waals surface area contributed by atoms with E-state index in [-0.39, 0.29) is 18.1 Å². The molecule has 0 atom stereocenters. The summed E-state index contributed by atoms with van der Waals surface area (Å²) < 4.78 is 4.80. The Morgan fingerprint density at radius 3 is 2.87 bits per heavy atom. The number of ketones is 1. The molecule has 1 amide bonds. The van der Waals surface area contributed by atoms with Crippen LogP contribution in [0.25, 0.3) is 6.08 Å². The van der Waals surface area contributed by atoms with Crippen LogP contribution in [0.1, 0.15) is 22.8 Å². The van der Waals surface area contributed by atoms with Gasteiger partial charge in [-0.3, -0.25) is 15.1 Å². The third-order valence-corrected chi connectivity index (χ3v) is 2.91. The maximum absolute atomic E-state index is 12.0. The van der Waals surface area contributed by atoms with E-state index in [0.29, 0.717) is 16.8 Å². The quantitative estimate of drug-likeness (QED) is 0.653. The molecule has 0 bridgehead atoms. The van der Waals surface area contributed by atoms with Crippen LogP contribution in [0.4, 0.5) is 10.5 Å². The Morgan fingerprint density at radius 1 is 1.35 bits per heavy atom. The number of anilines is 1. The molecule has 6 nitrogen and oxygen atoms in total. The zero-order valence-corrected chi connectivity index (χ0v) is 12.5. The van der Waals surface area contributed by atoms with Crippen molar-refractivity contribution in [1.82, 2.24) is 4.98 Å². The number of amides is 1. The summed E-state index contributed by atoms with van der Waals surface area (Å²) in [6.45, 7) is 1.92. The van der Waals surface area contributed by atoms with Crippen LogP contribution < -0.4 is 5.32 Å². The topological polar surface area (TPSA) is 88.5 Å². The first-order valence-corrected chi connectivity index (χ1v) is 6.99. The molecular weight excluding hydrogens is 296 g/mol. The van der Waals surface area contributed by atoms with Crippen LogP contribution in [0, 0.1) is 0 Å². The Bertz CT molecular complexity index is 727. The van der Waals surface area contributed by atoms with Crippen LogP contribution in [-0.4, -0.2) is 28.6 Å². The number of ether oxygens (including phenoxy) is 1. The highest BCUT2D eigenvalue weighted by atomic mass is 16.5. The molecular formula is C17H16N2O4. The van der Waals surface area contributed by atoms with Crippen molar-refractivity contribution in [1.29, 1.82) is 0 Å². The number of allylic oxidation sites excluding steroid dienone is 1. The highest BCUT2D eigenvalue weighted by molar-refractivity contribution is 6.07. The van der Waals surface area contributed by atoms with Gasteiger partial charge < -0.3 is 9.84 Å². The van der Waals surface area contributed by atoms with Gasteiger partial charge in [0, 0.05) is 24.0 Å². The summed E-state index contributed by atoms with van der Waals surface area (Å²) in [5, 5.41) is 12.1. The number of nitrogens with one attached hydrogen (secondary N) is 1. The van der Waals surface area contributed by atoms with Gasteiger partial charge in [0.25, 0.3) is 0 Å². The van der Waals surface area contributed by atoms with Crippen molar-refractivity contribution in [2.24, 2.45) is 0 Å². The standard InChI is InChI=1S/C17H16N2O4/c1-2-23-17(22)19-15-10-14(20)7-5-12(15)6-8-16(21)13-4-3-9-18-11-13/h3-11,20H,2H2,1H3,(H,19,22)/b8-6+. The van der Waals surface area contributed by atoms with E-state index in [1.54, 1.807) is 37.4 Å². The second-order valence-electron chi connectivity index (χ2n) is 4.56. The molecule has 1 aromatic heterocycles. The van der Waals surface area contributed by atoms with E-state index in [0.717, 1.165) is 0 Å². The summed E-state index contributed by atoms with van der Waals surface area (Å²) >= 11 is 0. The first-order valence-electron chi connectivity index (χ1n) is 6.99. The lowest BCUT2D eigenvalue weighted by molar-refractivity contribution is 0.104. The van der Waals surface area contributed by atoms with Crippen molar-refractivity contribution in [2.45, 2.75) is 6.92 Å². The molecule has 0 spiro atoms. The number of aromatic hydroxyl groups is 1. The maximum atomic E-state index is 12.0. The second-order valence-corrected chi connectivity index (χ2v) is 4.56. The number of carbonyl (C=O) groups is 2. The highest BCUT2D eigenvalue weighted by Gasteiger charge is 2.08. The van der Waals surface area contributed by atoms with E-state index >= 15 is 0 Å². The predicted molar refractivity (Wildman–Crippen MR) is 86.4 cm³/mol. The summed E-state index contributed by atoms with van der Waals surface area (Å²) in [6, 6.07) is 7.77. The second kappa shape index (κ2) is 7.74. The number of pyridine rings is 1. The Morgan fingerprint density at radius 2 is 2.17 bits per heavy atom. The molecule has 1 heterocycles. The predicted octanol–water partition coefficient (Wildman–Crippen LogP) is 3.25. The van der Waals surface area contributed by atoms with Crippen molar-refractivity contribution < 1.29 is 19.4 Å². The zero-order valence-electron chi connectivity index (χ0n) is 12.5. The fraction of sp³-hybridized carbons (Fsp3) is 0.118. The van der Waals surface area contributed by atoms with Crippen molar-refractivity contribution in [3.8, 4) is 5.75 Å². The van der Waals surface area contributed by atoms with Gasteiger partial charge in [0.1, 0.15) is 5.75 Å². The number of phenols is 1. The van der Waals surface area contributed by atoms with Gasteiger partial charge in [0.05, 0.1) is 12.3 Å². The number of nitrogens with zero attached hydrogens (tertiary/aromatic N) is 1. The van der Waals surface area contributed by atoms with E-state index in [1.807, 2.05) is 0 Å². The minimum atomic E-state index is -0.633. The van der Waals surface area contributed by atoms with Gasteiger partial charge in [-0.05, 0) is 48.9 Å². The number of aromatic nitrogens is 1. The number of hydrogen-bond donors (Lipinski definition) is 2. The van der Waals surface area contributed by atoms with E-state index in [1.165, 1.54) is 24.4 Å². The van der Waals surface area contributed by atoms with Crippen molar-refractivity contribution in [3.05, 3.63) is 59.9 Å². The van der Waals surface area contributed by atoms with Crippen molar-refractivity contribution >= 4 is 23.6 Å². The Hall–Kier alpha value is -3.15. The molecule has 2 N–H and O–H groups in total. The molecule has 0 saturated heterocycles. The van der Waals surface area contributed by atoms with E-state index in [4.69, 9.17) is 4.74 Å². The third kappa shape index (κ3) is 4.67. The van der Waals surface area contributed by atoms with Gasteiger partial charge in [-0.2, -0.15) is 0 Å². The molecule has 118 valence electrons. The molecule has 0 saturated carbocycles. The molecule has 0 aliphatic rings. The molecule has 0 fully saturated rings. The van der Waals surface area contributed by atoms with Gasteiger partial charge in [-0.15, -0.1) is 0 Å². The Balaban J connectivity index is 2.20. The summed E-state index contributed by atoms with van der Waals surface area (Å²) in [4.78, 5) is 27.4. The first-order chi connectivity index (χ1) is 11.1. The van der Waals surface area contributed by atoms with Gasteiger partial charge in [-0.25, -0.2) is 4.79 Å². The van der Waals surface area contributed by atoms with Crippen LogP contribution in [0.3, 0.4) is 0 Å². The summed E-state index contributed by atoms with van der Waals surface area (Å²) in [7, 11) is 0. The lowest BCUT2D eigenvalue weighted by Crippen LogP contribution is -2.14. The Labute approximate surface area is 133 Å². The van der Waals surface area contributed by atoms with Crippen LogP contribution in [0.2, 0.25) is 0 Å². The minimum Gasteiger partial charge on any atom is -0.508 e. The average Bonchev–Trinajstić information content (AvgIpc) is 2.55. The van der Waals surface area contributed by atoms with Crippen LogP contribution in [0.15, 0.2) is 48.8 Å². The fourth-order valence-corrected chi connectivity index (χ4v) is 1.85. The first kappa shape index (κ1) is 16.2. The molecule has 23 heavy (non-hydrogen) atoms. The van der Waals surface area contributed by atoms with Gasteiger partial charge in [0.15, 0.2) is 5.78 Å². The molecule has 2 rings (SSSR count). The molecule has 0 radical (unpaired) electrons. The highest BCUT2D eigenvalue weighted by Crippen LogP contribution is 2.23. The minimum absolute atomic E-state index is 0.00691. The lowest BCUT2D eigenvalue weighted by Gasteiger charge is -2.09. The Kier molecular flexibility index (Phi) is 5.46. The van der Waals surface area contributed by atoms with E-state index < -0.39 is 6.09 Å². The maximum Gasteiger partial charge on any atom is 0.411 e. The van der Waals surface area contributed by atoms with E-state index in [2.05, 4.69) is 10.3 Å². The molecule has 0 aliphatic heterocycles. The van der Waals surface area contributed by atoms with Gasteiger partial charge in [0.2, 0.25) is 0 Å². The summed E-state index contributed by atoms with van der Waals surface area (Å²) in [5.41, 5.74) is 1.37. The van der Waals surface area contributed by atoms with Crippen LogP contribution in [0.5, 0.6) is 5.75 Å². The summed E-state index contributed by atoms with van der Waals surface area (Å²) in [5.74, 6) is -0.221. The van der Waals surface area contributed by atoms with Crippen molar-refractivity contribution in [3.63, 3.8) is 0 Å². The number of carbonyl (C=O) groups excluding carboxylic acids is 2. The number of benzene rings is 1. The largest absolute Gasteiger partial charge is 0.508 e. The molecule has 0 unspecified atom stereocenters. The summed E-state index contributed by atoms with van der Waals surface area (Å²) in [6.07, 6.45) is 5.35. The zero-order chi connectivity index (χ0) is 16.7. The third-order valence-electron chi connectivity index (χ3n) is 2.91. The monoisotopic (exact) mass is 312 g/mol. The fourth-order valence-electron chi connectivity index (χ4n) is 1.85. The van der Waals surface area contributed by atoms with Gasteiger partial charge in [-0.1, -0.05) is 0 Å². The lowest BCUT2D eigenvalue weighted by atomic mass is 10.1. The van der Waals surface area contributed by atoms with Crippen LogP contribution >= 0.6 is 0 Å².